The van der Waals surface area contributed by atoms with Crippen LogP contribution in [0.3, 0.4) is 0 Å². The molecule has 0 saturated carbocycles. The molecule has 10 nitrogen and oxygen atoms in total. The van der Waals surface area contributed by atoms with Crippen LogP contribution >= 0.6 is 23.4 Å². The maximum absolute atomic E-state index is 12.9. The van der Waals surface area contributed by atoms with Crippen LogP contribution in [0.25, 0.3) is 6.08 Å². The second-order valence-electron chi connectivity index (χ2n) is 7.93. The van der Waals surface area contributed by atoms with Gasteiger partial charge in [0, 0.05) is 17.8 Å². The van der Waals surface area contributed by atoms with Crippen LogP contribution in [0.15, 0.2) is 71.6 Å². The van der Waals surface area contributed by atoms with Crippen LogP contribution in [0, 0.1) is 10.1 Å². The number of imide groups is 1. The summed E-state index contributed by atoms with van der Waals surface area (Å²) in [6.45, 7) is -0.340. The highest BCUT2D eigenvalue weighted by Crippen LogP contribution is 2.39. The van der Waals surface area contributed by atoms with Gasteiger partial charge in [-0.1, -0.05) is 41.9 Å². The molecule has 4 rings (SSSR count). The number of nitrogens with one attached hydrogen (secondary N) is 1. The lowest BCUT2D eigenvalue weighted by atomic mass is 10.1. The number of nitrogens with zero attached hydrogens (tertiary/aromatic N) is 2. The lowest BCUT2D eigenvalue weighted by Crippen LogP contribution is -2.27. The number of carbonyl (C=O) groups excluding carboxylic acids is 3. The molecule has 194 valence electrons. The maximum Gasteiger partial charge on any atom is 0.293 e. The molecular weight excluding hydrogens is 534 g/mol. The van der Waals surface area contributed by atoms with E-state index in [1.54, 1.807) is 30.3 Å². The quantitative estimate of drug-likeness (QED) is 0.209. The number of benzene rings is 3. The van der Waals surface area contributed by atoms with E-state index >= 15 is 0 Å². The van der Waals surface area contributed by atoms with Gasteiger partial charge in [0.15, 0.2) is 18.1 Å². The summed E-state index contributed by atoms with van der Waals surface area (Å²) in [5, 5.41) is 13.2. The molecule has 1 aliphatic heterocycles. The lowest BCUT2D eigenvalue weighted by molar-refractivity contribution is -0.384. The van der Waals surface area contributed by atoms with Gasteiger partial charge in [0.05, 0.1) is 28.5 Å². The highest BCUT2D eigenvalue weighted by molar-refractivity contribution is 8.18. The summed E-state index contributed by atoms with van der Waals surface area (Å²) < 4.78 is 11.0. The van der Waals surface area contributed by atoms with Crippen molar-refractivity contribution in [2.24, 2.45) is 0 Å². The fourth-order valence-electron chi connectivity index (χ4n) is 3.51. The summed E-state index contributed by atoms with van der Waals surface area (Å²) in [7, 11) is 1.41. The van der Waals surface area contributed by atoms with Gasteiger partial charge < -0.3 is 14.8 Å². The Balaban J connectivity index is 1.46. The lowest BCUT2D eigenvalue weighted by Gasteiger charge is -2.14. The van der Waals surface area contributed by atoms with Gasteiger partial charge in [-0.2, -0.15) is 0 Å². The Morgan fingerprint density at radius 2 is 1.84 bits per heavy atom. The standard InChI is InChI=1S/C26H20ClN3O7S/c1-36-21-12-17(11-20(27)24(21)37-15-23(31)28-18-5-3-2-4-6-18)13-22-25(32)29(26(33)38-22)14-16-7-9-19(10-8-16)30(34)35/h2-13H,14-15H2,1H3,(H,28,31)/b22-13-. The van der Waals surface area contributed by atoms with E-state index < -0.39 is 16.1 Å². The third kappa shape index (κ3) is 6.31. The summed E-state index contributed by atoms with van der Waals surface area (Å²) in [5.74, 6) is -0.506. The molecule has 0 atom stereocenters. The molecule has 38 heavy (non-hydrogen) atoms. The Morgan fingerprint density at radius 1 is 1.13 bits per heavy atom. The van der Waals surface area contributed by atoms with Gasteiger partial charge in [-0.3, -0.25) is 29.4 Å². The molecule has 1 heterocycles. The molecule has 3 amide bonds. The van der Waals surface area contributed by atoms with Crippen LogP contribution in [0.2, 0.25) is 5.02 Å². The third-order valence-corrected chi connectivity index (χ3v) is 6.50. The first-order chi connectivity index (χ1) is 18.2. The van der Waals surface area contributed by atoms with Gasteiger partial charge in [-0.15, -0.1) is 0 Å². The molecular formula is C26H20ClN3O7S. The first-order valence-electron chi connectivity index (χ1n) is 11.1. The largest absolute Gasteiger partial charge is 0.493 e. The molecule has 3 aromatic rings. The predicted octanol–water partition coefficient (Wildman–Crippen LogP) is 5.51. The Morgan fingerprint density at radius 3 is 2.50 bits per heavy atom. The number of para-hydroxylation sites is 1. The zero-order chi connectivity index (χ0) is 27.2. The number of anilines is 1. The van der Waals surface area contributed by atoms with Crippen molar-refractivity contribution in [2.45, 2.75) is 6.54 Å². The Kier molecular flexibility index (Phi) is 8.29. The van der Waals surface area contributed by atoms with Crippen molar-refractivity contribution < 1.29 is 28.8 Å². The normalized spacial score (nSPS) is 14.1. The number of rotatable bonds is 9. The number of ether oxygens (including phenoxy) is 2. The number of non-ortho nitro benzene ring substituents is 1. The Labute approximate surface area is 226 Å². The molecule has 0 bridgehead atoms. The smallest absolute Gasteiger partial charge is 0.293 e. The van der Waals surface area contributed by atoms with Crippen LogP contribution in [0.4, 0.5) is 16.2 Å². The van der Waals surface area contributed by atoms with Crippen molar-refractivity contribution in [1.82, 2.24) is 4.90 Å². The zero-order valence-electron chi connectivity index (χ0n) is 19.9. The van der Waals surface area contributed by atoms with Crippen molar-refractivity contribution in [3.63, 3.8) is 0 Å². The van der Waals surface area contributed by atoms with Crippen LogP contribution < -0.4 is 14.8 Å². The molecule has 3 aromatic carbocycles. The Bertz CT molecular complexity index is 1430. The van der Waals surface area contributed by atoms with Crippen molar-refractivity contribution in [1.29, 1.82) is 0 Å². The summed E-state index contributed by atoms with van der Waals surface area (Å²) in [4.78, 5) is 49.2. The van der Waals surface area contributed by atoms with Crippen LogP contribution in [0.1, 0.15) is 11.1 Å². The first-order valence-corrected chi connectivity index (χ1v) is 12.3. The van der Waals surface area contributed by atoms with E-state index in [0.29, 0.717) is 16.8 Å². The second kappa shape index (κ2) is 11.8. The molecule has 1 saturated heterocycles. The minimum atomic E-state index is -0.526. The van der Waals surface area contributed by atoms with Gasteiger partial charge in [-0.05, 0) is 53.2 Å². The molecule has 0 spiro atoms. The van der Waals surface area contributed by atoms with Crippen LogP contribution in [-0.4, -0.2) is 40.6 Å². The molecule has 12 heteroatoms. The first kappa shape index (κ1) is 26.7. The number of nitro benzene ring substituents is 1. The topological polar surface area (TPSA) is 128 Å². The molecule has 0 aliphatic carbocycles. The van der Waals surface area contributed by atoms with Crippen molar-refractivity contribution in [3.05, 3.63) is 97.9 Å². The Hall–Kier alpha value is -4.35. The number of carbonyl (C=O) groups is 3. The number of nitro groups is 1. The highest BCUT2D eigenvalue weighted by Gasteiger charge is 2.35. The van der Waals surface area contributed by atoms with E-state index in [1.165, 1.54) is 43.5 Å². The van der Waals surface area contributed by atoms with Gasteiger partial charge >= 0.3 is 0 Å². The van der Waals surface area contributed by atoms with Crippen LogP contribution in [-0.2, 0) is 16.1 Å². The molecule has 1 aliphatic rings. The molecule has 0 unspecified atom stereocenters. The van der Waals surface area contributed by atoms with Gasteiger partial charge in [-0.25, -0.2) is 0 Å². The molecule has 0 aromatic heterocycles. The zero-order valence-corrected chi connectivity index (χ0v) is 21.5. The van der Waals surface area contributed by atoms with Crippen molar-refractivity contribution in [3.8, 4) is 11.5 Å². The molecule has 1 fully saturated rings. The third-order valence-electron chi connectivity index (χ3n) is 5.32. The van der Waals surface area contributed by atoms with E-state index in [9.17, 15) is 24.5 Å². The minimum absolute atomic E-state index is 0.0259. The van der Waals surface area contributed by atoms with E-state index in [2.05, 4.69) is 5.32 Å². The predicted molar refractivity (Wildman–Crippen MR) is 143 cm³/mol. The van der Waals surface area contributed by atoms with E-state index in [1.807, 2.05) is 6.07 Å². The van der Waals surface area contributed by atoms with Gasteiger partial charge in [0.1, 0.15) is 0 Å². The van der Waals surface area contributed by atoms with Gasteiger partial charge in [0.25, 0.3) is 22.7 Å². The SMILES string of the molecule is COc1cc(/C=C2\SC(=O)N(Cc3ccc([N+](=O)[O-])cc3)C2=O)cc(Cl)c1OCC(=O)Nc1ccccc1. The number of halogens is 1. The van der Waals surface area contributed by atoms with Crippen molar-refractivity contribution in [2.75, 3.05) is 19.0 Å². The van der Waals surface area contributed by atoms with E-state index in [4.69, 9.17) is 21.1 Å². The minimum Gasteiger partial charge on any atom is -0.493 e. The summed E-state index contributed by atoms with van der Waals surface area (Å²) in [6, 6.07) is 17.6. The average molecular weight is 554 g/mol. The number of hydrogen-bond donors (Lipinski definition) is 1. The summed E-state index contributed by atoms with van der Waals surface area (Å²) in [5.41, 5.74) is 1.59. The van der Waals surface area contributed by atoms with Crippen LogP contribution in [0.5, 0.6) is 11.5 Å². The van der Waals surface area contributed by atoms with E-state index in [0.717, 1.165) is 16.7 Å². The fraction of sp³-hybridized carbons (Fsp3) is 0.115. The fourth-order valence-corrected chi connectivity index (χ4v) is 4.62. The number of hydrogen-bond acceptors (Lipinski definition) is 8. The van der Waals surface area contributed by atoms with E-state index in [-0.39, 0.29) is 46.2 Å². The van der Waals surface area contributed by atoms with Gasteiger partial charge in [0.2, 0.25) is 0 Å². The second-order valence-corrected chi connectivity index (χ2v) is 9.33. The number of amides is 3. The average Bonchev–Trinajstić information content (AvgIpc) is 3.15. The number of methoxy groups -OCH3 is 1. The van der Waals surface area contributed by atoms with Crippen molar-refractivity contribution >= 4 is 57.9 Å². The molecule has 1 N–H and O–H groups in total. The maximum atomic E-state index is 12.9. The summed E-state index contributed by atoms with van der Waals surface area (Å²) in [6.07, 6.45) is 1.50. The summed E-state index contributed by atoms with van der Waals surface area (Å²) >= 11 is 7.16. The monoisotopic (exact) mass is 553 g/mol. The highest BCUT2D eigenvalue weighted by atomic mass is 35.5. The number of thioether (sulfide) groups is 1. The molecule has 0 radical (unpaired) electrons.